The molecule has 1 atom stereocenters. The van der Waals surface area contributed by atoms with Crippen LogP contribution in [0.5, 0.6) is 11.5 Å². The second-order valence-electron chi connectivity index (χ2n) is 3.76. The molecule has 1 aliphatic carbocycles. The van der Waals surface area contributed by atoms with Gasteiger partial charge in [-0.3, -0.25) is 0 Å². The summed E-state index contributed by atoms with van der Waals surface area (Å²) in [7, 11) is 1.59. The Bertz CT molecular complexity index is 349. The standard InChI is InChI=1S/C11H15NO2/c1-14-11-9-4-3-8(12)6-7(9)2-5-10(11)13/h2,5,8,13H,3-4,6,12H2,1H3/t8-/m1/s1. The van der Waals surface area contributed by atoms with Gasteiger partial charge in [0.1, 0.15) is 0 Å². The summed E-state index contributed by atoms with van der Waals surface area (Å²) in [5, 5.41) is 9.58. The number of aromatic hydroxyl groups is 1. The van der Waals surface area contributed by atoms with Crippen molar-refractivity contribution in [2.24, 2.45) is 5.73 Å². The minimum Gasteiger partial charge on any atom is -0.504 e. The quantitative estimate of drug-likeness (QED) is 0.705. The van der Waals surface area contributed by atoms with Crippen LogP contribution in [0, 0.1) is 0 Å². The maximum Gasteiger partial charge on any atom is 0.163 e. The first-order valence-electron chi connectivity index (χ1n) is 4.85. The van der Waals surface area contributed by atoms with Crippen molar-refractivity contribution < 1.29 is 9.84 Å². The van der Waals surface area contributed by atoms with Crippen molar-refractivity contribution >= 4 is 0 Å². The molecule has 0 aromatic heterocycles. The summed E-state index contributed by atoms with van der Waals surface area (Å²) in [5.74, 6) is 0.844. The van der Waals surface area contributed by atoms with Crippen LogP contribution in [0.3, 0.4) is 0 Å². The number of methoxy groups -OCH3 is 1. The highest BCUT2D eigenvalue weighted by molar-refractivity contribution is 5.51. The van der Waals surface area contributed by atoms with Gasteiger partial charge in [-0.1, -0.05) is 6.07 Å². The SMILES string of the molecule is COc1c(O)ccc2c1CC[C@@H](N)C2. The van der Waals surface area contributed by atoms with Crippen LogP contribution in [-0.2, 0) is 12.8 Å². The van der Waals surface area contributed by atoms with Crippen LogP contribution >= 0.6 is 0 Å². The van der Waals surface area contributed by atoms with E-state index in [0.29, 0.717) is 5.75 Å². The first kappa shape index (κ1) is 9.34. The number of phenols is 1. The van der Waals surface area contributed by atoms with E-state index in [-0.39, 0.29) is 11.8 Å². The lowest BCUT2D eigenvalue weighted by Crippen LogP contribution is -2.28. The summed E-state index contributed by atoms with van der Waals surface area (Å²) in [5.41, 5.74) is 8.20. The minimum atomic E-state index is 0.224. The van der Waals surface area contributed by atoms with E-state index in [1.807, 2.05) is 6.07 Å². The Hall–Kier alpha value is -1.22. The Kier molecular flexibility index (Phi) is 2.33. The normalized spacial score (nSPS) is 20.3. The largest absolute Gasteiger partial charge is 0.504 e. The smallest absolute Gasteiger partial charge is 0.163 e. The summed E-state index contributed by atoms with van der Waals surface area (Å²) >= 11 is 0. The molecule has 0 heterocycles. The molecule has 0 saturated carbocycles. The lowest BCUT2D eigenvalue weighted by molar-refractivity contribution is 0.365. The predicted octanol–water partition coefficient (Wildman–Crippen LogP) is 1.22. The molecule has 0 fully saturated rings. The van der Waals surface area contributed by atoms with E-state index in [2.05, 4.69) is 0 Å². The number of ether oxygens (including phenoxy) is 1. The second-order valence-corrected chi connectivity index (χ2v) is 3.76. The zero-order valence-corrected chi connectivity index (χ0v) is 8.29. The van der Waals surface area contributed by atoms with Gasteiger partial charge in [-0.25, -0.2) is 0 Å². The van der Waals surface area contributed by atoms with E-state index < -0.39 is 0 Å². The third-order valence-electron chi connectivity index (χ3n) is 2.79. The topological polar surface area (TPSA) is 55.5 Å². The fraction of sp³-hybridized carbons (Fsp3) is 0.455. The average molecular weight is 193 g/mol. The van der Waals surface area contributed by atoms with Gasteiger partial charge in [0.25, 0.3) is 0 Å². The van der Waals surface area contributed by atoms with E-state index in [9.17, 15) is 5.11 Å². The third-order valence-corrected chi connectivity index (χ3v) is 2.79. The van der Waals surface area contributed by atoms with Crippen molar-refractivity contribution in [2.45, 2.75) is 25.3 Å². The van der Waals surface area contributed by atoms with Crippen LogP contribution < -0.4 is 10.5 Å². The van der Waals surface area contributed by atoms with Crippen LogP contribution in [0.25, 0.3) is 0 Å². The third kappa shape index (κ3) is 1.44. The van der Waals surface area contributed by atoms with Gasteiger partial charge in [0.15, 0.2) is 11.5 Å². The van der Waals surface area contributed by atoms with Crippen LogP contribution in [0.15, 0.2) is 12.1 Å². The highest BCUT2D eigenvalue weighted by Crippen LogP contribution is 2.36. The van der Waals surface area contributed by atoms with Crippen molar-refractivity contribution in [1.29, 1.82) is 0 Å². The highest BCUT2D eigenvalue weighted by Gasteiger charge is 2.20. The predicted molar refractivity (Wildman–Crippen MR) is 54.7 cm³/mol. The molecule has 0 radical (unpaired) electrons. The monoisotopic (exact) mass is 193 g/mol. The van der Waals surface area contributed by atoms with Gasteiger partial charge in [-0.05, 0) is 30.9 Å². The zero-order chi connectivity index (χ0) is 10.1. The van der Waals surface area contributed by atoms with Crippen molar-refractivity contribution in [1.82, 2.24) is 0 Å². The Morgan fingerprint density at radius 3 is 3.00 bits per heavy atom. The molecule has 0 bridgehead atoms. The number of rotatable bonds is 1. The molecule has 1 aliphatic rings. The van der Waals surface area contributed by atoms with Gasteiger partial charge in [-0.15, -0.1) is 0 Å². The molecule has 2 rings (SSSR count). The van der Waals surface area contributed by atoms with Crippen LogP contribution in [0.1, 0.15) is 17.5 Å². The fourth-order valence-electron chi connectivity index (χ4n) is 2.06. The lowest BCUT2D eigenvalue weighted by atomic mass is 9.88. The lowest BCUT2D eigenvalue weighted by Gasteiger charge is -2.23. The Morgan fingerprint density at radius 1 is 1.50 bits per heavy atom. The zero-order valence-electron chi connectivity index (χ0n) is 8.29. The van der Waals surface area contributed by atoms with Crippen molar-refractivity contribution in [3.05, 3.63) is 23.3 Å². The summed E-state index contributed by atoms with van der Waals surface area (Å²) in [6.45, 7) is 0. The molecule has 1 aromatic rings. The molecule has 14 heavy (non-hydrogen) atoms. The molecule has 0 aliphatic heterocycles. The summed E-state index contributed by atoms with van der Waals surface area (Å²) in [6.07, 6.45) is 2.74. The summed E-state index contributed by atoms with van der Waals surface area (Å²) in [4.78, 5) is 0. The van der Waals surface area contributed by atoms with Crippen LogP contribution in [-0.4, -0.2) is 18.3 Å². The van der Waals surface area contributed by atoms with Crippen molar-refractivity contribution in [2.75, 3.05) is 7.11 Å². The maximum atomic E-state index is 9.58. The number of fused-ring (bicyclic) bond motifs is 1. The van der Waals surface area contributed by atoms with E-state index in [0.717, 1.165) is 24.8 Å². The molecule has 0 saturated heterocycles. The van der Waals surface area contributed by atoms with Gasteiger partial charge >= 0.3 is 0 Å². The molecule has 0 amide bonds. The number of phenolic OH excluding ortho intramolecular Hbond substituents is 1. The molecule has 3 nitrogen and oxygen atoms in total. The molecule has 0 unspecified atom stereocenters. The Balaban J connectivity index is 2.47. The molecule has 76 valence electrons. The van der Waals surface area contributed by atoms with Gasteiger partial charge in [0, 0.05) is 11.6 Å². The number of hydrogen-bond donors (Lipinski definition) is 2. The van der Waals surface area contributed by atoms with E-state index in [4.69, 9.17) is 10.5 Å². The summed E-state index contributed by atoms with van der Waals surface area (Å²) < 4.78 is 5.19. The highest BCUT2D eigenvalue weighted by atomic mass is 16.5. The first-order chi connectivity index (χ1) is 6.72. The number of nitrogens with two attached hydrogens (primary N) is 1. The molecule has 3 N–H and O–H groups in total. The van der Waals surface area contributed by atoms with E-state index in [1.165, 1.54) is 5.56 Å². The van der Waals surface area contributed by atoms with Crippen molar-refractivity contribution in [3.8, 4) is 11.5 Å². The van der Waals surface area contributed by atoms with Gasteiger partial charge < -0.3 is 15.6 Å². The maximum absolute atomic E-state index is 9.58. The summed E-state index contributed by atoms with van der Waals surface area (Å²) in [6, 6.07) is 3.86. The fourth-order valence-corrected chi connectivity index (χ4v) is 2.06. The van der Waals surface area contributed by atoms with Crippen LogP contribution in [0.2, 0.25) is 0 Å². The van der Waals surface area contributed by atoms with Gasteiger partial charge in [-0.2, -0.15) is 0 Å². The van der Waals surface area contributed by atoms with E-state index in [1.54, 1.807) is 13.2 Å². The van der Waals surface area contributed by atoms with Crippen molar-refractivity contribution in [3.63, 3.8) is 0 Å². The number of hydrogen-bond acceptors (Lipinski definition) is 3. The molecule has 1 aromatic carbocycles. The minimum absolute atomic E-state index is 0.224. The van der Waals surface area contributed by atoms with Crippen LogP contribution in [0.4, 0.5) is 0 Å². The molecule has 0 spiro atoms. The Morgan fingerprint density at radius 2 is 2.29 bits per heavy atom. The molecular weight excluding hydrogens is 178 g/mol. The Labute approximate surface area is 83.5 Å². The first-order valence-corrected chi connectivity index (χ1v) is 4.85. The second kappa shape index (κ2) is 3.50. The average Bonchev–Trinajstić information content (AvgIpc) is 2.18. The van der Waals surface area contributed by atoms with Gasteiger partial charge in [0.05, 0.1) is 7.11 Å². The molecule has 3 heteroatoms. The molecular formula is C11H15NO2. The number of benzene rings is 1. The van der Waals surface area contributed by atoms with Gasteiger partial charge in [0.2, 0.25) is 0 Å². The van der Waals surface area contributed by atoms with E-state index >= 15 is 0 Å².